The van der Waals surface area contributed by atoms with E-state index in [1.54, 1.807) is 11.0 Å². The van der Waals surface area contributed by atoms with Crippen molar-refractivity contribution in [1.82, 2.24) is 9.88 Å². The van der Waals surface area contributed by atoms with Gasteiger partial charge in [-0.2, -0.15) is 0 Å². The minimum absolute atomic E-state index is 0.125. The average Bonchev–Trinajstić information content (AvgIpc) is 3.07. The number of hydrogen-bond acceptors (Lipinski definition) is 3. The Labute approximate surface area is 146 Å². The zero-order valence-electron chi connectivity index (χ0n) is 14.7. The van der Waals surface area contributed by atoms with Crippen molar-refractivity contribution >= 4 is 22.6 Å². The van der Waals surface area contributed by atoms with Crippen molar-refractivity contribution in [3.05, 3.63) is 60.0 Å². The fraction of sp³-hybridized carbons (Fsp3) is 0.300. The average molecular weight is 338 g/mol. The summed E-state index contributed by atoms with van der Waals surface area (Å²) in [7, 11) is 0. The fourth-order valence-corrected chi connectivity index (χ4v) is 3.45. The number of H-pyrrole nitrogens is 1. The highest BCUT2D eigenvalue weighted by atomic mass is 16.3. The zero-order valence-corrected chi connectivity index (χ0v) is 14.7. The number of aliphatic hydroxyl groups excluding tert-OH is 1. The number of Topliss-reactive ketones (excluding diaryl/α,β-unsaturated/α-hetero) is 1. The molecule has 1 unspecified atom stereocenters. The third-order valence-corrected chi connectivity index (χ3v) is 4.88. The van der Waals surface area contributed by atoms with Gasteiger partial charge in [-0.05, 0) is 32.4 Å². The van der Waals surface area contributed by atoms with E-state index in [1.165, 1.54) is 6.92 Å². The van der Waals surface area contributed by atoms with E-state index >= 15 is 0 Å². The molecule has 130 valence electrons. The molecule has 1 atom stereocenters. The van der Waals surface area contributed by atoms with E-state index in [0.717, 1.165) is 16.5 Å². The predicted octanol–water partition coefficient (Wildman–Crippen LogP) is 3.29. The van der Waals surface area contributed by atoms with E-state index in [0.29, 0.717) is 6.42 Å². The molecule has 2 N–H and O–H groups in total. The Morgan fingerprint density at radius 1 is 1.40 bits per heavy atom. The number of carbonyl (C=O) groups is 2. The smallest absolute Gasteiger partial charge is 0.262 e. The Morgan fingerprint density at radius 3 is 2.72 bits per heavy atom. The maximum absolute atomic E-state index is 12.8. The first-order chi connectivity index (χ1) is 11.8. The summed E-state index contributed by atoms with van der Waals surface area (Å²) < 4.78 is 0. The van der Waals surface area contributed by atoms with Crippen LogP contribution in [-0.4, -0.2) is 38.3 Å². The van der Waals surface area contributed by atoms with Crippen LogP contribution in [0.25, 0.3) is 10.9 Å². The van der Waals surface area contributed by atoms with Gasteiger partial charge < -0.3 is 15.0 Å². The van der Waals surface area contributed by atoms with Crippen molar-refractivity contribution in [2.24, 2.45) is 0 Å². The molecule has 0 radical (unpaired) electrons. The quantitative estimate of drug-likeness (QED) is 0.649. The number of benzene rings is 1. The molecule has 5 heteroatoms. The summed E-state index contributed by atoms with van der Waals surface area (Å²) in [5.74, 6) is -1.02. The van der Waals surface area contributed by atoms with Crippen molar-refractivity contribution in [3.8, 4) is 0 Å². The largest absolute Gasteiger partial charge is 0.509 e. The molecule has 25 heavy (non-hydrogen) atoms. The first-order valence-corrected chi connectivity index (χ1v) is 8.24. The normalized spacial score (nSPS) is 18.3. The number of aromatic nitrogens is 1. The lowest BCUT2D eigenvalue weighted by molar-refractivity contribution is -0.132. The van der Waals surface area contributed by atoms with Crippen LogP contribution in [0.15, 0.2) is 54.4 Å². The molecule has 1 aromatic heterocycles. The molecular weight excluding hydrogens is 316 g/mol. The highest BCUT2D eigenvalue weighted by molar-refractivity contribution is 6.20. The number of rotatable bonds is 5. The van der Waals surface area contributed by atoms with Crippen LogP contribution in [0.2, 0.25) is 0 Å². The molecule has 0 aliphatic carbocycles. The molecule has 3 rings (SSSR count). The van der Waals surface area contributed by atoms with E-state index in [-0.39, 0.29) is 11.3 Å². The summed E-state index contributed by atoms with van der Waals surface area (Å²) in [5.41, 5.74) is 1.15. The molecule has 1 amide bonds. The number of amides is 1. The summed E-state index contributed by atoms with van der Waals surface area (Å²) in [6.45, 7) is 8.79. The highest BCUT2D eigenvalue weighted by Gasteiger charge is 2.46. The number of nitrogens with zero attached hydrogens (tertiary/aromatic N) is 1. The van der Waals surface area contributed by atoms with Crippen molar-refractivity contribution in [2.75, 3.05) is 0 Å². The van der Waals surface area contributed by atoms with Crippen molar-refractivity contribution in [2.45, 2.75) is 38.8 Å². The monoisotopic (exact) mass is 338 g/mol. The summed E-state index contributed by atoms with van der Waals surface area (Å²) in [4.78, 5) is 29.4. The van der Waals surface area contributed by atoms with Crippen molar-refractivity contribution < 1.29 is 14.7 Å². The standard InChI is InChI=1S/C20H22N2O3/c1-5-20(3,4)22-16(18(24)17(12(2)23)19(22)25)10-13-11-21-15-9-7-6-8-14(13)15/h5-9,11,16,21,24H,1,10H2,2-4H3. The van der Waals surface area contributed by atoms with Gasteiger partial charge in [-0.25, -0.2) is 0 Å². The maximum Gasteiger partial charge on any atom is 0.262 e. The van der Waals surface area contributed by atoms with Crippen LogP contribution >= 0.6 is 0 Å². The first kappa shape index (κ1) is 17.0. The van der Waals surface area contributed by atoms with Crippen LogP contribution < -0.4 is 0 Å². The van der Waals surface area contributed by atoms with Gasteiger partial charge in [0.1, 0.15) is 11.3 Å². The van der Waals surface area contributed by atoms with E-state index in [1.807, 2.05) is 44.3 Å². The molecule has 0 saturated heterocycles. The maximum atomic E-state index is 12.8. The van der Waals surface area contributed by atoms with Crippen LogP contribution in [0.1, 0.15) is 26.3 Å². The molecule has 2 heterocycles. The van der Waals surface area contributed by atoms with E-state index in [4.69, 9.17) is 0 Å². The Kier molecular flexibility index (Phi) is 4.03. The second-order valence-electron chi connectivity index (χ2n) is 6.93. The number of hydrogen-bond donors (Lipinski definition) is 2. The topological polar surface area (TPSA) is 73.4 Å². The number of ketones is 1. The van der Waals surface area contributed by atoms with E-state index in [2.05, 4.69) is 11.6 Å². The van der Waals surface area contributed by atoms with Gasteiger partial charge in [0.25, 0.3) is 5.91 Å². The minimum Gasteiger partial charge on any atom is -0.509 e. The van der Waals surface area contributed by atoms with Crippen molar-refractivity contribution in [3.63, 3.8) is 0 Å². The van der Waals surface area contributed by atoms with Gasteiger partial charge in [-0.3, -0.25) is 9.59 Å². The van der Waals surface area contributed by atoms with Crippen LogP contribution in [0.3, 0.4) is 0 Å². The van der Waals surface area contributed by atoms with E-state index in [9.17, 15) is 14.7 Å². The SMILES string of the molecule is C=CC(C)(C)N1C(=O)C(C(C)=O)=C(O)C1Cc1c[nH]c2ccccc12. The molecule has 1 aliphatic rings. The number of nitrogens with one attached hydrogen (secondary N) is 1. The van der Waals surface area contributed by atoms with Gasteiger partial charge in [-0.15, -0.1) is 6.58 Å². The Balaban J connectivity index is 2.08. The zero-order chi connectivity index (χ0) is 18.4. The van der Waals surface area contributed by atoms with E-state index < -0.39 is 23.3 Å². The third-order valence-electron chi connectivity index (χ3n) is 4.88. The van der Waals surface area contributed by atoms with Gasteiger partial charge in [-0.1, -0.05) is 24.3 Å². The molecule has 0 saturated carbocycles. The minimum atomic E-state index is -0.695. The summed E-state index contributed by atoms with van der Waals surface area (Å²) in [5, 5.41) is 11.7. The summed E-state index contributed by atoms with van der Waals surface area (Å²) in [6, 6.07) is 7.26. The molecule has 1 aromatic carbocycles. The third kappa shape index (κ3) is 2.65. The number of fused-ring (bicyclic) bond motifs is 1. The van der Waals surface area contributed by atoms with Gasteiger partial charge in [0, 0.05) is 23.5 Å². The Bertz CT molecular complexity index is 905. The summed E-state index contributed by atoms with van der Waals surface area (Å²) >= 11 is 0. The fourth-order valence-electron chi connectivity index (χ4n) is 3.45. The van der Waals surface area contributed by atoms with Crippen LogP contribution in [-0.2, 0) is 16.0 Å². The predicted molar refractivity (Wildman–Crippen MR) is 97.2 cm³/mol. The number of aromatic amines is 1. The lowest BCUT2D eigenvalue weighted by Gasteiger charge is -2.38. The Hall–Kier alpha value is -2.82. The molecular formula is C20H22N2O3. The molecule has 0 bridgehead atoms. The lowest BCUT2D eigenvalue weighted by Crippen LogP contribution is -2.50. The first-order valence-electron chi connectivity index (χ1n) is 8.24. The number of carbonyl (C=O) groups excluding carboxylic acids is 2. The molecule has 0 spiro atoms. The highest BCUT2D eigenvalue weighted by Crippen LogP contribution is 2.35. The summed E-state index contributed by atoms with van der Waals surface area (Å²) in [6.07, 6.45) is 3.95. The molecule has 2 aromatic rings. The second kappa shape index (κ2) is 5.92. The van der Waals surface area contributed by atoms with Gasteiger partial charge in [0.15, 0.2) is 5.78 Å². The van der Waals surface area contributed by atoms with Gasteiger partial charge in [0.05, 0.1) is 11.6 Å². The molecule has 0 fully saturated rings. The van der Waals surface area contributed by atoms with Crippen LogP contribution in [0.5, 0.6) is 0 Å². The molecule has 5 nitrogen and oxygen atoms in total. The van der Waals surface area contributed by atoms with Crippen LogP contribution in [0, 0.1) is 0 Å². The molecule has 1 aliphatic heterocycles. The van der Waals surface area contributed by atoms with Gasteiger partial charge >= 0.3 is 0 Å². The van der Waals surface area contributed by atoms with Gasteiger partial charge in [0.2, 0.25) is 0 Å². The Morgan fingerprint density at radius 2 is 2.08 bits per heavy atom. The second-order valence-corrected chi connectivity index (χ2v) is 6.93. The van der Waals surface area contributed by atoms with Crippen LogP contribution in [0.4, 0.5) is 0 Å². The number of para-hydroxylation sites is 1. The van der Waals surface area contributed by atoms with Crippen molar-refractivity contribution in [1.29, 1.82) is 0 Å². The number of aliphatic hydroxyl groups is 1. The lowest BCUT2D eigenvalue weighted by atomic mass is 9.97.